The molecular formula is C13H12ClN3O2. The van der Waals surface area contributed by atoms with Crippen molar-refractivity contribution in [2.45, 2.75) is 12.8 Å². The predicted molar refractivity (Wildman–Crippen MR) is 70.3 cm³/mol. The second kappa shape index (κ2) is 4.66. The maximum atomic E-state index is 12.5. The first-order chi connectivity index (χ1) is 9.15. The number of hydrogen-bond donors (Lipinski definition) is 0. The van der Waals surface area contributed by atoms with E-state index in [2.05, 4.69) is 4.98 Å². The van der Waals surface area contributed by atoms with Gasteiger partial charge >= 0.3 is 0 Å². The lowest BCUT2D eigenvalue weighted by molar-refractivity contribution is -0.120. The smallest absolute Gasteiger partial charge is 0.270 e. The van der Waals surface area contributed by atoms with Crippen LogP contribution in [0.1, 0.15) is 23.3 Å². The van der Waals surface area contributed by atoms with Crippen molar-refractivity contribution in [3.63, 3.8) is 0 Å². The molecule has 1 amide bonds. The molecule has 0 bridgehead atoms. The Morgan fingerprint density at radius 1 is 1.26 bits per heavy atom. The van der Waals surface area contributed by atoms with Gasteiger partial charge in [0.05, 0.1) is 0 Å². The van der Waals surface area contributed by atoms with E-state index >= 15 is 0 Å². The zero-order valence-electron chi connectivity index (χ0n) is 10.2. The van der Waals surface area contributed by atoms with Gasteiger partial charge in [-0.15, -0.1) is 0 Å². The van der Waals surface area contributed by atoms with Gasteiger partial charge in [0, 0.05) is 32.1 Å². The molecule has 0 aliphatic carbocycles. The number of halogens is 1. The molecule has 1 saturated heterocycles. The van der Waals surface area contributed by atoms with E-state index in [0.717, 1.165) is 0 Å². The molecule has 3 rings (SSSR count). The van der Waals surface area contributed by atoms with Crippen LogP contribution in [0.3, 0.4) is 0 Å². The fraction of sp³-hybridized carbons (Fsp3) is 0.308. The van der Waals surface area contributed by atoms with E-state index in [1.165, 1.54) is 0 Å². The number of carbonyl (C=O) groups excluding carboxylic acids is 2. The third-order valence-corrected chi connectivity index (χ3v) is 3.47. The standard InChI is InChI=1S/C13H12ClN3O2/c14-11-8-17-10(2-1-3-12(17)15-11)13(19)16-6-4-9(18)5-7-16/h1-3,8H,4-7H2. The first-order valence-corrected chi connectivity index (χ1v) is 6.47. The first kappa shape index (κ1) is 12.2. The number of aromatic nitrogens is 2. The van der Waals surface area contributed by atoms with Crippen LogP contribution in [0.4, 0.5) is 0 Å². The lowest BCUT2D eigenvalue weighted by atomic mass is 10.1. The fourth-order valence-corrected chi connectivity index (χ4v) is 2.46. The molecule has 2 aromatic heterocycles. The van der Waals surface area contributed by atoms with Crippen LogP contribution < -0.4 is 0 Å². The van der Waals surface area contributed by atoms with Crippen molar-refractivity contribution in [2.75, 3.05) is 13.1 Å². The van der Waals surface area contributed by atoms with E-state index in [0.29, 0.717) is 42.4 Å². The summed E-state index contributed by atoms with van der Waals surface area (Å²) in [5, 5.41) is 0.356. The Hall–Kier alpha value is -1.88. The number of Topliss-reactive ketones (excluding diaryl/α,β-unsaturated/α-hetero) is 1. The zero-order valence-corrected chi connectivity index (χ0v) is 10.9. The average Bonchev–Trinajstić information content (AvgIpc) is 2.78. The summed E-state index contributed by atoms with van der Waals surface area (Å²) in [7, 11) is 0. The number of nitrogens with zero attached hydrogens (tertiary/aromatic N) is 3. The lowest BCUT2D eigenvalue weighted by Crippen LogP contribution is -2.39. The number of carbonyl (C=O) groups is 2. The minimum atomic E-state index is -0.0906. The quantitative estimate of drug-likeness (QED) is 0.799. The van der Waals surface area contributed by atoms with Gasteiger partial charge in [0.15, 0.2) is 0 Å². The molecule has 0 saturated carbocycles. The fourth-order valence-electron chi connectivity index (χ4n) is 2.28. The van der Waals surface area contributed by atoms with Gasteiger partial charge < -0.3 is 4.90 Å². The van der Waals surface area contributed by atoms with E-state index in [1.807, 2.05) is 0 Å². The maximum absolute atomic E-state index is 12.5. The molecule has 0 unspecified atom stereocenters. The van der Waals surface area contributed by atoms with Gasteiger partial charge in [0.2, 0.25) is 0 Å². The van der Waals surface area contributed by atoms with Crippen LogP contribution in [0.5, 0.6) is 0 Å². The zero-order chi connectivity index (χ0) is 13.4. The number of piperidine rings is 1. The molecule has 19 heavy (non-hydrogen) atoms. The van der Waals surface area contributed by atoms with Gasteiger partial charge in [0.1, 0.15) is 22.3 Å². The number of likely N-dealkylation sites (tertiary alicyclic amines) is 1. The second-order valence-electron chi connectivity index (χ2n) is 4.53. The molecule has 1 fully saturated rings. The Kier molecular flexibility index (Phi) is 2.98. The van der Waals surface area contributed by atoms with Gasteiger partial charge in [-0.05, 0) is 12.1 Å². The van der Waals surface area contributed by atoms with E-state index in [-0.39, 0.29) is 11.7 Å². The van der Waals surface area contributed by atoms with E-state index in [1.54, 1.807) is 33.7 Å². The third-order valence-electron chi connectivity index (χ3n) is 3.29. The van der Waals surface area contributed by atoms with Crippen molar-refractivity contribution in [3.05, 3.63) is 35.2 Å². The van der Waals surface area contributed by atoms with E-state index < -0.39 is 0 Å². The molecule has 0 N–H and O–H groups in total. The highest BCUT2D eigenvalue weighted by Gasteiger charge is 2.23. The summed E-state index contributed by atoms with van der Waals surface area (Å²) in [6.07, 6.45) is 2.50. The number of fused-ring (bicyclic) bond motifs is 1. The van der Waals surface area contributed by atoms with Crippen LogP contribution in [0.15, 0.2) is 24.4 Å². The molecule has 0 aromatic carbocycles. The summed E-state index contributed by atoms with van der Waals surface area (Å²) < 4.78 is 1.68. The number of hydrogen-bond acceptors (Lipinski definition) is 3. The summed E-state index contributed by atoms with van der Waals surface area (Å²) in [6, 6.07) is 5.31. The van der Waals surface area contributed by atoms with Crippen LogP contribution in [0, 0.1) is 0 Å². The maximum Gasteiger partial charge on any atom is 0.270 e. The molecule has 6 heteroatoms. The van der Waals surface area contributed by atoms with Gasteiger partial charge in [-0.3, -0.25) is 14.0 Å². The summed E-state index contributed by atoms with van der Waals surface area (Å²) in [6.45, 7) is 0.965. The minimum Gasteiger partial charge on any atom is -0.336 e. The van der Waals surface area contributed by atoms with Crippen molar-refractivity contribution in [1.82, 2.24) is 14.3 Å². The van der Waals surface area contributed by atoms with Gasteiger partial charge in [-0.1, -0.05) is 17.7 Å². The largest absolute Gasteiger partial charge is 0.336 e. The Bertz CT molecular complexity index is 655. The summed E-state index contributed by atoms with van der Waals surface area (Å²) in [4.78, 5) is 29.5. The van der Waals surface area contributed by atoms with Crippen molar-refractivity contribution >= 4 is 28.9 Å². The van der Waals surface area contributed by atoms with E-state index in [4.69, 9.17) is 11.6 Å². The summed E-state index contributed by atoms with van der Waals surface area (Å²) in [5.41, 5.74) is 1.16. The second-order valence-corrected chi connectivity index (χ2v) is 4.92. The van der Waals surface area contributed by atoms with Gasteiger partial charge in [-0.25, -0.2) is 4.98 Å². The Morgan fingerprint density at radius 2 is 2.00 bits per heavy atom. The van der Waals surface area contributed by atoms with Crippen LogP contribution in [0.25, 0.3) is 5.65 Å². The molecule has 0 radical (unpaired) electrons. The lowest BCUT2D eigenvalue weighted by Gasteiger charge is -2.26. The summed E-state index contributed by atoms with van der Waals surface area (Å²) in [5.74, 6) is 0.125. The van der Waals surface area contributed by atoms with Crippen molar-refractivity contribution in [2.24, 2.45) is 0 Å². The highest BCUT2D eigenvalue weighted by Crippen LogP contribution is 2.16. The van der Waals surface area contributed by atoms with Crippen LogP contribution in [0.2, 0.25) is 5.15 Å². The first-order valence-electron chi connectivity index (χ1n) is 6.10. The van der Waals surface area contributed by atoms with Crippen LogP contribution in [-0.4, -0.2) is 39.1 Å². The average molecular weight is 278 g/mol. The summed E-state index contributed by atoms with van der Waals surface area (Å²) >= 11 is 5.86. The molecule has 1 aliphatic rings. The molecule has 3 heterocycles. The van der Waals surface area contributed by atoms with Crippen molar-refractivity contribution in [1.29, 1.82) is 0 Å². The Labute approximate surface area is 114 Å². The highest BCUT2D eigenvalue weighted by atomic mass is 35.5. The van der Waals surface area contributed by atoms with Crippen LogP contribution >= 0.6 is 11.6 Å². The number of amides is 1. The molecule has 1 aliphatic heterocycles. The monoisotopic (exact) mass is 277 g/mol. The molecule has 5 nitrogen and oxygen atoms in total. The molecule has 98 valence electrons. The molecule has 2 aromatic rings. The molecular weight excluding hydrogens is 266 g/mol. The number of rotatable bonds is 1. The number of imidazole rings is 1. The van der Waals surface area contributed by atoms with Crippen molar-refractivity contribution in [3.8, 4) is 0 Å². The van der Waals surface area contributed by atoms with Crippen molar-refractivity contribution < 1.29 is 9.59 Å². The Morgan fingerprint density at radius 3 is 2.74 bits per heavy atom. The predicted octanol–water partition coefficient (Wildman–Crippen LogP) is 1.79. The van der Waals surface area contributed by atoms with Gasteiger partial charge in [-0.2, -0.15) is 0 Å². The topological polar surface area (TPSA) is 54.7 Å². The molecule has 0 spiro atoms. The SMILES string of the molecule is O=C1CCN(C(=O)c2cccc3nc(Cl)cn23)CC1. The normalized spacial score (nSPS) is 16.1. The van der Waals surface area contributed by atoms with Crippen LogP contribution in [-0.2, 0) is 4.79 Å². The number of ketones is 1. The van der Waals surface area contributed by atoms with E-state index in [9.17, 15) is 9.59 Å². The number of pyridine rings is 1. The minimum absolute atomic E-state index is 0.0906. The highest BCUT2D eigenvalue weighted by molar-refractivity contribution is 6.29. The molecule has 0 atom stereocenters. The third kappa shape index (κ3) is 2.21. The van der Waals surface area contributed by atoms with Gasteiger partial charge in [0.25, 0.3) is 5.91 Å². The Balaban J connectivity index is 1.95.